The first-order chi connectivity index (χ1) is 9.35. The maximum Gasteiger partial charge on any atom is 0.300 e. The van der Waals surface area contributed by atoms with Gasteiger partial charge < -0.3 is 14.5 Å². The first kappa shape index (κ1) is 11.6. The van der Waals surface area contributed by atoms with E-state index in [1.807, 2.05) is 55.5 Å². The molecule has 1 aromatic heterocycles. The lowest BCUT2D eigenvalue weighted by Gasteiger charge is -2.05. The Bertz CT molecular complexity index is 658. The maximum absolute atomic E-state index is 5.61. The summed E-state index contributed by atoms with van der Waals surface area (Å²) in [6.07, 6.45) is 0. The topological polar surface area (TPSA) is 47.3 Å². The third-order valence-electron chi connectivity index (χ3n) is 2.69. The second-order valence-electron chi connectivity index (χ2n) is 4.07. The minimum atomic E-state index is 0.481. The molecule has 1 N–H and O–H groups in total. The fourth-order valence-electron chi connectivity index (χ4n) is 1.88. The minimum Gasteiger partial charge on any atom is -0.494 e. The molecule has 4 nitrogen and oxygen atoms in total. The summed E-state index contributed by atoms with van der Waals surface area (Å²) in [6, 6.07) is 15.9. The molecule has 0 fully saturated rings. The van der Waals surface area contributed by atoms with Crippen LogP contribution in [0.5, 0.6) is 5.75 Å². The fourth-order valence-corrected chi connectivity index (χ4v) is 1.88. The average Bonchev–Trinajstić information content (AvgIpc) is 2.81. The van der Waals surface area contributed by atoms with Gasteiger partial charge in [-0.15, -0.1) is 0 Å². The van der Waals surface area contributed by atoms with Crippen molar-refractivity contribution >= 4 is 22.8 Å². The highest BCUT2D eigenvalue weighted by Crippen LogP contribution is 2.24. The van der Waals surface area contributed by atoms with Gasteiger partial charge >= 0.3 is 0 Å². The zero-order valence-electron chi connectivity index (χ0n) is 10.6. The average molecular weight is 254 g/mol. The van der Waals surface area contributed by atoms with Gasteiger partial charge in [-0.2, -0.15) is 4.98 Å². The molecule has 0 aliphatic carbocycles. The largest absolute Gasteiger partial charge is 0.494 e. The van der Waals surface area contributed by atoms with E-state index in [-0.39, 0.29) is 0 Å². The van der Waals surface area contributed by atoms with Crippen LogP contribution in [-0.2, 0) is 0 Å². The molecule has 1 heterocycles. The van der Waals surface area contributed by atoms with E-state index in [9.17, 15) is 0 Å². The minimum absolute atomic E-state index is 0.481. The van der Waals surface area contributed by atoms with Gasteiger partial charge in [-0.1, -0.05) is 18.2 Å². The van der Waals surface area contributed by atoms with Gasteiger partial charge in [0.15, 0.2) is 5.58 Å². The summed E-state index contributed by atoms with van der Waals surface area (Å²) in [7, 11) is 0. The molecule has 4 heteroatoms. The van der Waals surface area contributed by atoms with Crippen molar-refractivity contribution in [3.05, 3.63) is 48.5 Å². The van der Waals surface area contributed by atoms with Gasteiger partial charge in [0, 0.05) is 11.8 Å². The van der Waals surface area contributed by atoms with E-state index in [2.05, 4.69) is 10.3 Å². The number of anilines is 2. The van der Waals surface area contributed by atoms with Crippen LogP contribution in [0.25, 0.3) is 11.1 Å². The summed E-state index contributed by atoms with van der Waals surface area (Å²) in [4.78, 5) is 4.37. The fraction of sp³-hybridized carbons (Fsp3) is 0.133. The van der Waals surface area contributed by atoms with Crippen molar-refractivity contribution in [2.75, 3.05) is 11.9 Å². The highest BCUT2D eigenvalue weighted by molar-refractivity contribution is 5.75. The summed E-state index contributed by atoms with van der Waals surface area (Å²) in [6.45, 7) is 2.60. The van der Waals surface area contributed by atoms with Gasteiger partial charge in [-0.05, 0) is 31.2 Å². The van der Waals surface area contributed by atoms with Crippen LogP contribution in [0.2, 0.25) is 0 Å². The molecule has 0 saturated heterocycles. The first-order valence-corrected chi connectivity index (χ1v) is 6.20. The van der Waals surface area contributed by atoms with E-state index in [0.717, 1.165) is 22.5 Å². The lowest BCUT2D eigenvalue weighted by atomic mass is 10.3. The highest BCUT2D eigenvalue weighted by atomic mass is 16.5. The van der Waals surface area contributed by atoms with Crippen LogP contribution in [0.1, 0.15) is 6.92 Å². The Morgan fingerprint density at radius 2 is 2.05 bits per heavy atom. The van der Waals surface area contributed by atoms with Crippen LogP contribution in [0.4, 0.5) is 11.7 Å². The van der Waals surface area contributed by atoms with E-state index < -0.39 is 0 Å². The molecule has 2 aromatic carbocycles. The quantitative estimate of drug-likeness (QED) is 0.765. The number of para-hydroxylation sites is 2. The standard InChI is InChI=1S/C15H14N2O2/c1-2-18-12-7-5-6-11(10-12)16-15-17-13-8-3-4-9-14(13)19-15/h3-10H,2H2,1H3,(H,16,17). The summed E-state index contributed by atoms with van der Waals surface area (Å²) in [5.41, 5.74) is 2.49. The zero-order valence-corrected chi connectivity index (χ0v) is 10.6. The second kappa shape index (κ2) is 5.02. The predicted molar refractivity (Wildman–Crippen MR) is 74.9 cm³/mol. The molecule has 0 radical (unpaired) electrons. The third-order valence-corrected chi connectivity index (χ3v) is 2.69. The van der Waals surface area contributed by atoms with Gasteiger partial charge in [0.25, 0.3) is 6.01 Å². The molecule has 96 valence electrons. The number of oxazole rings is 1. The van der Waals surface area contributed by atoms with Crippen LogP contribution in [0, 0.1) is 0 Å². The molecule has 0 spiro atoms. The molecule has 3 aromatic rings. The Kier molecular flexibility index (Phi) is 3.06. The normalized spacial score (nSPS) is 10.6. The molecule has 0 aliphatic rings. The molecule has 0 atom stereocenters. The van der Waals surface area contributed by atoms with E-state index in [1.165, 1.54) is 0 Å². The smallest absolute Gasteiger partial charge is 0.300 e. The number of nitrogens with zero attached hydrogens (tertiary/aromatic N) is 1. The molecular formula is C15H14N2O2. The molecular weight excluding hydrogens is 240 g/mol. The molecule has 0 unspecified atom stereocenters. The van der Waals surface area contributed by atoms with Crippen molar-refractivity contribution in [2.24, 2.45) is 0 Å². The SMILES string of the molecule is CCOc1cccc(Nc2nc3ccccc3o2)c1. The number of aromatic nitrogens is 1. The molecule has 0 saturated carbocycles. The molecule has 3 rings (SSSR count). The van der Waals surface area contributed by atoms with Crippen LogP contribution in [0.15, 0.2) is 52.9 Å². The lowest BCUT2D eigenvalue weighted by molar-refractivity contribution is 0.340. The van der Waals surface area contributed by atoms with Crippen LogP contribution < -0.4 is 10.1 Å². The highest BCUT2D eigenvalue weighted by Gasteiger charge is 2.05. The Hall–Kier alpha value is -2.49. The second-order valence-corrected chi connectivity index (χ2v) is 4.07. The van der Waals surface area contributed by atoms with Crippen molar-refractivity contribution in [1.29, 1.82) is 0 Å². The van der Waals surface area contributed by atoms with Crippen molar-refractivity contribution in [1.82, 2.24) is 4.98 Å². The molecule has 19 heavy (non-hydrogen) atoms. The van der Waals surface area contributed by atoms with Gasteiger partial charge in [0.1, 0.15) is 11.3 Å². The van der Waals surface area contributed by atoms with E-state index in [1.54, 1.807) is 0 Å². The maximum atomic E-state index is 5.61. The number of hydrogen-bond acceptors (Lipinski definition) is 4. The monoisotopic (exact) mass is 254 g/mol. The van der Waals surface area contributed by atoms with Crippen molar-refractivity contribution in [3.63, 3.8) is 0 Å². The van der Waals surface area contributed by atoms with Crippen molar-refractivity contribution in [3.8, 4) is 5.75 Å². The Labute approximate surface area is 111 Å². The summed E-state index contributed by atoms with van der Waals surface area (Å²) in [5, 5.41) is 3.13. The van der Waals surface area contributed by atoms with Crippen LogP contribution in [-0.4, -0.2) is 11.6 Å². The molecule has 0 aliphatic heterocycles. The van der Waals surface area contributed by atoms with E-state index >= 15 is 0 Å². The van der Waals surface area contributed by atoms with Crippen molar-refractivity contribution < 1.29 is 9.15 Å². The number of rotatable bonds is 4. The summed E-state index contributed by atoms with van der Waals surface area (Å²) >= 11 is 0. The number of ether oxygens (including phenoxy) is 1. The number of fused-ring (bicyclic) bond motifs is 1. The summed E-state index contributed by atoms with van der Waals surface area (Å²) < 4.78 is 11.1. The van der Waals surface area contributed by atoms with E-state index in [0.29, 0.717) is 12.6 Å². The van der Waals surface area contributed by atoms with Gasteiger partial charge in [-0.3, -0.25) is 0 Å². The van der Waals surface area contributed by atoms with Crippen LogP contribution >= 0.6 is 0 Å². The zero-order chi connectivity index (χ0) is 13.1. The number of nitrogens with one attached hydrogen (secondary N) is 1. The Morgan fingerprint density at radius 3 is 2.89 bits per heavy atom. The summed E-state index contributed by atoms with van der Waals surface area (Å²) in [5.74, 6) is 0.823. The van der Waals surface area contributed by atoms with Gasteiger partial charge in [0.05, 0.1) is 6.61 Å². The molecule has 0 bridgehead atoms. The third kappa shape index (κ3) is 2.52. The van der Waals surface area contributed by atoms with Gasteiger partial charge in [0.2, 0.25) is 0 Å². The Morgan fingerprint density at radius 1 is 1.16 bits per heavy atom. The first-order valence-electron chi connectivity index (χ1n) is 6.20. The van der Waals surface area contributed by atoms with E-state index in [4.69, 9.17) is 9.15 Å². The number of benzene rings is 2. The number of hydrogen-bond donors (Lipinski definition) is 1. The van der Waals surface area contributed by atoms with Crippen molar-refractivity contribution in [2.45, 2.75) is 6.92 Å². The van der Waals surface area contributed by atoms with Gasteiger partial charge in [-0.25, -0.2) is 0 Å². The van der Waals surface area contributed by atoms with Crippen LogP contribution in [0.3, 0.4) is 0 Å². The Balaban J connectivity index is 1.85. The predicted octanol–water partition coefficient (Wildman–Crippen LogP) is 3.97. The lowest BCUT2D eigenvalue weighted by Crippen LogP contribution is -1.94. The molecule has 0 amide bonds.